The van der Waals surface area contributed by atoms with Crippen LogP contribution in [0.4, 0.5) is 0 Å². The van der Waals surface area contributed by atoms with Crippen LogP contribution in [-0.4, -0.2) is 34.9 Å². The van der Waals surface area contributed by atoms with E-state index >= 15 is 0 Å². The van der Waals surface area contributed by atoms with Crippen molar-refractivity contribution >= 4 is 22.7 Å². The topological polar surface area (TPSA) is 63.6 Å². The van der Waals surface area contributed by atoms with Gasteiger partial charge < -0.3 is 19.5 Å². The lowest BCUT2D eigenvalue weighted by Gasteiger charge is -2.26. The smallest absolute Gasteiger partial charge is 0.272 e. The average molecular weight is 454 g/mol. The molecule has 0 saturated heterocycles. The van der Waals surface area contributed by atoms with E-state index < -0.39 is 0 Å². The van der Waals surface area contributed by atoms with Crippen LogP contribution in [0.3, 0.4) is 0 Å². The highest BCUT2D eigenvalue weighted by atomic mass is 16.5. The van der Waals surface area contributed by atoms with Crippen molar-refractivity contribution in [3.8, 4) is 5.75 Å². The molecule has 6 heteroatoms. The normalized spacial score (nSPS) is 15.0. The summed E-state index contributed by atoms with van der Waals surface area (Å²) in [5.41, 5.74) is 5.71. The van der Waals surface area contributed by atoms with E-state index in [-0.39, 0.29) is 24.4 Å². The third-order valence-corrected chi connectivity index (χ3v) is 6.55. The molecule has 2 amide bonds. The first kappa shape index (κ1) is 21.8. The lowest BCUT2D eigenvalue weighted by Crippen LogP contribution is -2.39. The van der Waals surface area contributed by atoms with Crippen LogP contribution in [0.25, 0.3) is 10.9 Å². The number of fused-ring (bicyclic) bond motifs is 3. The number of ether oxygens (including phenoxy) is 1. The molecule has 34 heavy (non-hydrogen) atoms. The number of aromatic nitrogens is 1. The molecule has 1 aromatic heterocycles. The van der Waals surface area contributed by atoms with Crippen LogP contribution in [0, 0.1) is 6.92 Å². The Kier molecular flexibility index (Phi) is 5.57. The minimum atomic E-state index is -0.357. The fraction of sp³-hybridized carbons (Fsp3) is 0.214. The van der Waals surface area contributed by atoms with Crippen LogP contribution in [0.5, 0.6) is 5.75 Å². The number of benzene rings is 3. The highest BCUT2D eigenvalue weighted by Crippen LogP contribution is 2.43. The Labute approximate surface area is 198 Å². The van der Waals surface area contributed by atoms with Gasteiger partial charge in [-0.2, -0.15) is 0 Å². The monoisotopic (exact) mass is 453 g/mol. The van der Waals surface area contributed by atoms with E-state index in [0.717, 1.165) is 33.3 Å². The van der Waals surface area contributed by atoms with Gasteiger partial charge in [0.1, 0.15) is 18.0 Å². The quantitative estimate of drug-likeness (QED) is 0.472. The minimum absolute atomic E-state index is 0.0234. The second-order valence-corrected chi connectivity index (χ2v) is 8.71. The van der Waals surface area contributed by atoms with Crippen molar-refractivity contribution in [1.82, 2.24) is 14.8 Å². The predicted octanol–water partition coefficient (Wildman–Crippen LogP) is 4.36. The zero-order valence-electron chi connectivity index (χ0n) is 19.5. The zero-order valence-corrected chi connectivity index (χ0v) is 19.5. The number of amides is 2. The Morgan fingerprint density at radius 3 is 2.41 bits per heavy atom. The van der Waals surface area contributed by atoms with E-state index in [4.69, 9.17) is 4.74 Å². The third kappa shape index (κ3) is 3.71. The average Bonchev–Trinajstić information content (AvgIpc) is 3.31. The summed E-state index contributed by atoms with van der Waals surface area (Å²) in [5.74, 6) is 0.415. The highest BCUT2D eigenvalue weighted by Gasteiger charge is 2.42. The molecular weight excluding hydrogens is 426 g/mol. The molecular formula is C28H27N3O3. The van der Waals surface area contributed by atoms with Crippen LogP contribution in [0.15, 0.2) is 72.8 Å². The fourth-order valence-electron chi connectivity index (χ4n) is 4.78. The number of hydrogen-bond donors (Lipinski definition) is 1. The van der Waals surface area contributed by atoms with Gasteiger partial charge in [-0.15, -0.1) is 0 Å². The molecule has 6 nitrogen and oxygen atoms in total. The molecule has 0 radical (unpaired) electrons. The third-order valence-electron chi connectivity index (χ3n) is 6.55. The molecule has 4 aromatic rings. The minimum Gasteiger partial charge on any atom is -0.497 e. The Balaban J connectivity index is 1.48. The molecule has 2 heterocycles. The van der Waals surface area contributed by atoms with Gasteiger partial charge in [0.2, 0.25) is 5.91 Å². The van der Waals surface area contributed by atoms with Crippen LogP contribution in [0.2, 0.25) is 0 Å². The van der Waals surface area contributed by atoms with Crippen molar-refractivity contribution in [1.29, 1.82) is 0 Å². The molecule has 1 aliphatic rings. The van der Waals surface area contributed by atoms with E-state index in [0.29, 0.717) is 12.2 Å². The largest absolute Gasteiger partial charge is 0.497 e. The first-order valence-corrected chi connectivity index (χ1v) is 11.3. The maximum Gasteiger partial charge on any atom is 0.272 e. The molecule has 1 atom stereocenters. The number of methoxy groups -OCH3 is 1. The molecule has 5 rings (SSSR count). The number of aryl methyl sites for hydroxylation is 2. The fourth-order valence-corrected chi connectivity index (χ4v) is 4.78. The molecule has 0 fully saturated rings. The number of para-hydroxylation sites is 1. The lowest BCUT2D eigenvalue weighted by molar-refractivity contribution is -0.122. The van der Waals surface area contributed by atoms with E-state index in [9.17, 15) is 9.59 Å². The summed E-state index contributed by atoms with van der Waals surface area (Å²) >= 11 is 0. The molecule has 0 spiro atoms. The first-order chi connectivity index (χ1) is 16.5. The van der Waals surface area contributed by atoms with Crippen molar-refractivity contribution in [3.05, 3.63) is 101 Å². The van der Waals surface area contributed by atoms with Crippen LogP contribution >= 0.6 is 0 Å². The highest BCUT2D eigenvalue weighted by molar-refractivity contribution is 6.07. The van der Waals surface area contributed by atoms with E-state index in [1.807, 2.05) is 91.3 Å². The van der Waals surface area contributed by atoms with Gasteiger partial charge in [0.05, 0.1) is 13.2 Å². The SMILES string of the molecule is COc1ccc(C2c3c(n(C)c4ccccc34)C(=O)N2CC(=O)NCc2ccc(C)cc2)cc1. The lowest BCUT2D eigenvalue weighted by atomic mass is 9.98. The molecule has 0 saturated carbocycles. The van der Waals surface area contributed by atoms with Crippen molar-refractivity contribution in [3.63, 3.8) is 0 Å². The van der Waals surface area contributed by atoms with E-state index in [2.05, 4.69) is 5.32 Å². The molecule has 1 unspecified atom stereocenters. The van der Waals surface area contributed by atoms with Crippen LogP contribution < -0.4 is 10.1 Å². The van der Waals surface area contributed by atoms with Crippen molar-refractivity contribution in [2.75, 3.05) is 13.7 Å². The Morgan fingerprint density at radius 1 is 1.00 bits per heavy atom. The Morgan fingerprint density at radius 2 is 1.71 bits per heavy atom. The summed E-state index contributed by atoms with van der Waals surface area (Å²) in [5, 5.41) is 3.99. The van der Waals surface area contributed by atoms with Gasteiger partial charge in [-0.1, -0.05) is 60.2 Å². The number of nitrogens with zero attached hydrogens (tertiary/aromatic N) is 2. The molecule has 0 bridgehead atoms. The Bertz CT molecular complexity index is 1370. The molecule has 0 aliphatic carbocycles. The number of rotatable bonds is 6. The summed E-state index contributed by atoms with van der Waals surface area (Å²) in [6.07, 6.45) is 0. The molecule has 1 aliphatic heterocycles. The standard InChI is InChI=1S/C28H27N3O3/c1-18-8-10-19(11-9-18)16-29-24(32)17-31-26(20-12-14-21(34-3)15-13-20)25-22-6-4-5-7-23(22)30(2)27(25)28(31)33/h4-15,26H,16-17H2,1-3H3,(H,29,32). The van der Waals surface area contributed by atoms with Crippen LogP contribution in [-0.2, 0) is 18.4 Å². The maximum absolute atomic E-state index is 13.6. The van der Waals surface area contributed by atoms with Crippen molar-refractivity contribution < 1.29 is 14.3 Å². The summed E-state index contributed by atoms with van der Waals surface area (Å²) in [6.45, 7) is 2.43. The van der Waals surface area contributed by atoms with Gasteiger partial charge in [0, 0.05) is 30.1 Å². The van der Waals surface area contributed by atoms with Gasteiger partial charge in [-0.3, -0.25) is 9.59 Å². The summed E-state index contributed by atoms with van der Waals surface area (Å²) < 4.78 is 7.26. The Hall–Kier alpha value is -4.06. The molecule has 3 aromatic carbocycles. The molecule has 1 N–H and O–H groups in total. The summed E-state index contributed by atoms with van der Waals surface area (Å²) in [4.78, 5) is 28.3. The van der Waals surface area contributed by atoms with Crippen LogP contribution in [0.1, 0.15) is 38.8 Å². The van der Waals surface area contributed by atoms with Crippen molar-refractivity contribution in [2.24, 2.45) is 7.05 Å². The van der Waals surface area contributed by atoms with Crippen molar-refractivity contribution in [2.45, 2.75) is 19.5 Å². The summed E-state index contributed by atoms with van der Waals surface area (Å²) in [6, 6.07) is 23.4. The van der Waals surface area contributed by atoms with Gasteiger partial charge >= 0.3 is 0 Å². The van der Waals surface area contributed by atoms with Gasteiger partial charge in [-0.25, -0.2) is 0 Å². The maximum atomic E-state index is 13.6. The van der Waals surface area contributed by atoms with Gasteiger partial charge in [0.25, 0.3) is 5.91 Å². The number of hydrogen-bond acceptors (Lipinski definition) is 3. The van der Waals surface area contributed by atoms with Gasteiger partial charge in [0.15, 0.2) is 0 Å². The number of carbonyl (C=O) groups excluding carboxylic acids is 2. The number of nitrogens with one attached hydrogen (secondary N) is 1. The van der Waals surface area contributed by atoms with E-state index in [1.165, 1.54) is 5.56 Å². The molecule has 172 valence electrons. The van der Waals surface area contributed by atoms with Gasteiger partial charge in [-0.05, 0) is 36.2 Å². The zero-order chi connectivity index (χ0) is 23.8. The summed E-state index contributed by atoms with van der Waals surface area (Å²) in [7, 11) is 3.53. The van der Waals surface area contributed by atoms with E-state index in [1.54, 1.807) is 12.0 Å². The first-order valence-electron chi connectivity index (χ1n) is 11.3. The second kappa shape index (κ2) is 8.71. The second-order valence-electron chi connectivity index (χ2n) is 8.71. The predicted molar refractivity (Wildman–Crippen MR) is 132 cm³/mol. The number of carbonyl (C=O) groups is 2.